The first-order valence-corrected chi connectivity index (χ1v) is 4.87. The summed E-state index contributed by atoms with van der Waals surface area (Å²) < 4.78 is 5.03. The van der Waals surface area contributed by atoms with Crippen molar-refractivity contribution in [1.29, 1.82) is 0 Å². The van der Waals surface area contributed by atoms with Gasteiger partial charge in [0.1, 0.15) is 10.8 Å². The minimum atomic E-state index is -0.200. The summed E-state index contributed by atoms with van der Waals surface area (Å²) in [5, 5.41) is 1.58. The molecule has 0 saturated carbocycles. The van der Waals surface area contributed by atoms with Crippen molar-refractivity contribution in [3.8, 4) is 5.75 Å². The van der Waals surface area contributed by atoms with Crippen molar-refractivity contribution >= 4 is 22.4 Å². The van der Waals surface area contributed by atoms with Crippen molar-refractivity contribution in [1.82, 2.24) is 0 Å². The number of ether oxygens (including phenoxy) is 1. The average molecular weight is 221 g/mol. The molecule has 2 rings (SSSR count). The van der Waals surface area contributed by atoms with Crippen LogP contribution in [0.15, 0.2) is 41.2 Å². The van der Waals surface area contributed by atoms with Crippen molar-refractivity contribution < 1.29 is 4.74 Å². The maximum Gasteiger partial charge on any atom is 0.208 e. The van der Waals surface area contributed by atoms with Crippen LogP contribution in [0.2, 0.25) is 5.02 Å². The van der Waals surface area contributed by atoms with Gasteiger partial charge in [-0.2, -0.15) is 0 Å². The van der Waals surface area contributed by atoms with Gasteiger partial charge in [-0.05, 0) is 11.5 Å². The molecule has 0 aliphatic carbocycles. The molecule has 3 heteroatoms. The van der Waals surface area contributed by atoms with Gasteiger partial charge in [0, 0.05) is 5.39 Å². The Hall–Kier alpha value is -1.54. The van der Waals surface area contributed by atoms with E-state index in [4.69, 9.17) is 16.3 Å². The fraction of sp³-hybridized carbons (Fsp3) is 0.0833. The van der Waals surface area contributed by atoms with E-state index in [0.717, 1.165) is 5.39 Å². The lowest BCUT2D eigenvalue weighted by molar-refractivity contribution is 0.415. The smallest absolute Gasteiger partial charge is 0.208 e. The van der Waals surface area contributed by atoms with Crippen LogP contribution in [0.3, 0.4) is 0 Å². The summed E-state index contributed by atoms with van der Waals surface area (Å²) in [6.07, 6.45) is 0. The fourth-order valence-corrected chi connectivity index (χ4v) is 1.72. The molecule has 0 aromatic heterocycles. The molecule has 0 N–H and O–H groups in total. The largest absolute Gasteiger partial charge is 0.495 e. The zero-order chi connectivity index (χ0) is 10.8. The number of hydrogen-bond acceptors (Lipinski definition) is 2. The molecular weight excluding hydrogens is 212 g/mol. The van der Waals surface area contributed by atoms with Crippen LogP contribution in [0.25, 0.3) is 10.8 Å². The van der Waals surface area contributed by atoms with Crippen LogP contribution in [0.4, 0.5) is 0 Å². The normalized spacial score (nSPS) is 10.3. The molecule has 0 saturated heterocycles. The third-order valence-corrected chi connectivity index (χ3v) is 2.61. The van der Waals surface area contributed by atoms with Gasteiger partial charge in [-0.1, -0.05) is 41.9 Å². The first-order chi connectivity index (χ1) is 7.24. The zero-order valence-corrected chi connectivity index (χ0v) is 8.91. The molecule has 0 bridgehead atoms. The molecule has 0 amide bonds. The number of rotatable bonds is 1. The summed E-state index contributed by atoms with van der Waals surface area (Å²) in [6.45, 7) is 0. The molecule has 0 aliphatic rings. The molecule has 0 radical (unpaired) electrons. The molecule has 0 heterocycles. The van der Waals surface area contributed by atoms with Crippen molar-refractivity contribution in [2.24, 2.45) is 0 Å². The predicted molar refractivity (Wildman–Crippen MR) is 61.8 cm³/mol. The van der Waals surface area contributed by atoms with Crippen molar-refractivity contribution in [2.45, 2.75) is 0 Å². The van der Waals surface area contributed by atoms with Crippen molar-refractivity contribution in [3.63, 3.8) is 0 Å². The summed E-state index contributed by atoms with van der Waals surface area (Å²) in [5.74, 6) is 0.401. The Morgan fingerprint density at radius 2 is 1.87 bits per heavy atom. The van der Waals surface area contributed by atoms with Crippen molar-refractivity contribution in [3.05, 3.63) is 51.6 Å². The van der Waals surface area contributed by atoms with Gasteiger partial charge in [0.05, 0.1) is 7.11 Å². The summed E-state index contributed by atoms with van der Waals surface area (Å²) >= 11 is 5.92. The van der Waals surface area contributed by atoms with Gasteiger partial charge in [0.15, 0.2) is 0 Å². The van der Waals surface area contributed by atoms with Crippen LogP contribution in [0.5, 0.6) is 5.75 Å². The van der Waals surface area contributed by atoms with Gasteiger partial charge in [0.25, 0.3) is 0 Å². The van der Waals surface area contributed by atoms with Crippen LogP contribution in [0, 0.1) is 0 Å². The monoisotopic (exact) mass is 220 g/mol. The van der Waals surface area contributed by atoms with Crippen molar-refractivity contribution in [2.75, 3.05) is 7.11 Å². The Morgan fingerprint density at radius 3 is 2.60 bits per heavy atom. The maximum atomic E-state index is 11.9. The Morgan fingerprint density at radius 1 is 1.13 bits per heavy atom. The van der Waals surface area contributed by atoms with Crippen LogP contribution in [0.1, 0.15) is 0 Å². The Balaban J connectivity index is 2.98. The third kappa shape index (κ3) is 1.68. The highest BCUT2D eigenvalue weighted by molar-refractivity contribution is 6.32. The number of hydrogen-bond donors (Lipinski definition) is 0. The molecule has 76 valence electrons. The van der Waals surface area contributed by atoms with Gasteiger partial charge in [-0.3, -0.25) is 4.79 Å². The van der Waals surface area contributed by atoms with Gasteiger partial charge in [-0.25, -0.2) is 0 Å². The molecular formula is C12H9ClO2. The minimum Gasteiger partial charge on any atom is -0.495 e. The van der Waals surface area contributed by atoms with E-state index < -0.39 is 0 Å². The average Bonchev–Trinajstić information content (AvgIpc) is 2.39. The van der Waals surface area contributed by atoms with Crippen LogP contribution in [-0.2, 0) is 0 Å². The second-order valence-corrected chi connectivity index (χ2v) is 3.51. The fourth-order valence-electron chi connectivity index (χ4n) is 1.48. The van der Waals surface area contributed by atoms with E-state index in [9.17, 15) is 4.79 Å². The molecule has 2 aromatic carbocycles. The Labute approximate surface area is 92.1 Å². The molecule has 15 heavy (non-hydrogen) atoms. The standard InChI is InChI=1S/C12H9ClO2/c1-15-10-7-6-8-4-2-3-5-9(8)12(14)11(10)13/h2-7H,1H3. The van der Waals surface area contributed by atoms with E-state index in [-0.39, 0.29) is 10.5 Å². The second-order valence-electron chi connectivity index (χ2n) is 3.13. The van der Waals surface area contributed by atoms with E-state index in [1.54, 1.807) is 12.1 Å². The number of benzene rings is 1. The van der Waals surface area contributed by atoms with Gasteiger partial charge >= 0.3 is 0 Å². The van der Waals surface area contributed by atoms with Gasteiger partial charge < -0.3 is 4.74 Å². The topological polar surface area (TPSA) is 26.3 Å². The first kappa shape index (κ1) is 9.99. The van der Waals surface area contributed by atoms with Crippen LogP contribution < -0.4 is 10.2 Å². The second kappa shape index (κ2) is 3.91. The molecule has 0 atom stereocenters. The van der Waals surface area contributed by atoms with Gasteiger partial charge in [0.2, 0.25) is 5.43 Å². The van der Waals surface area contributed by atoms with E-state index in [2.05, 4.69) is 0 Å². The molecule has 0 spiro atoms. The summed E-state index contributed by atoms with van der Waals surface area (Å²) in [4.78, 5) is 11.9. The number of fused-ring (bicyclic) bond motifs is 1. The predicted octanol–water partition coefficient (Wildman–Crippen LogP) is 2.86. The molecule has 0 aliphatic heterocycles. The summed E-state index contributed by atoms with van der Waals surface area (Å²) in [6, 6.07) is 10.8. The first-order valence-electron chi connectivity index (χ1n) is 4.49. The molecule has 2 nitrogen and oxygen atoms in total. The molecule has 2 aromatic rings. The Kier molecular flexibility index (Phi) is 2.60. The highest BCUT2D eigenvalue weighted by Crippen LogP contribution is 2.21. The summed E-state index contributed by atoms with van der Waals surface area (Å²) in [5.41, 5.74) is -0.200. The number of halogens is 1. The Bertz CT molecular complexity index is 564. The number of methoxy groups -OCH3 is 1. The van der Waals surface area contributed by atoms with Crippen LogP contribution in [-0.4, -0.2) is 7.11 Å². The highest BCUT2D eigenvalue weighted by atomic mass is 35.5. The highest BCUT2D eigenvalue weighted by Gasteiger charge is 2.05. The SMILES string of the molecule is COc1ccc2ccccc2c(=O)c1Cl. The lowest BCUT2D eigenvalue weighted by Gasteiger charge is -1.95. The lowest BCUT2D eigenvalue weighted by atomic mass is 10.2. The van der Waals surface area contributed by atoms with Gasteiger partial charge in [-0.15, -0.1) is 0 Å². The summed E-state index contributed by atoms with van der Waals surface area (Å²) in [7, 11) is 1.49. The maximum absolute atomic E-state index is 11.9. The third-order valence-electron chi connectivity index (χ3n) is 2.26. The van der Waals surface area contributed by atoms with E-state index in [1.165, 1.54) is 7.11 Å². The lowest BCUT2D eigenvalue weighted by Crippen LogP contribution is -1.99. The molecule has 0 fully saturated rings. The molecule has 0 unspecified atom stereocenters. The van der Waals surface area contributed by atoms with Crippen LogP contribution >= 0.6 is 11.6 Å². The van der Waals surface area contributed by atoms with E-state index >= 15 is 0 Å². The van der Waals surface area contributed by atoms with E-state index in [1.807, 2.05) is 24.3 Å². The zero-order valence-electron chi connectivity index (χ0n) is 8.16. The van der Waals surface area contributed by atoms with E-state index in [0.29, 0.717) is 11.1 Å². The minimum absolute atomic E-state index is 0.124. The quantitative estimate of drug-likeness (QED) is 0.739.